The molecule has 1 aliphatic rings. The number of hydrogen-bond donors (Lipinski definition) is 1. The number of piperazine rings is 1. The lowest BCUT2D eigenvalue weighted by molar-refractivity contribution is -0.129. The highest BCUT2D eigenvalue weighted by molar-refractivity contribution is 8.00. The van der Waals surface area contributed by atoms with Gasteiger partial charge in [-0.1, -0.05) is 30.4 Å². The second-order valence-corrected chi connectivity index (χ2v) is 6.30. The Morgan fingerprint density at radius 2 is 1.85 bits per heavy atom. The van der Waals surface area contributed by atoms with Gasteiger partial charge >= 0.3 is 0 Å². The molecule has 2 rings (SSSR count). The molecule has 0 spiro atoms. The zero-order chi connectivity index (χ0) is 14.4. The molecule has 4 nitrogen and oxygen atoms in total. The van der Waals surface area contributed by atoms with Crippen molar-refractivity contribution in [1.29, 1.82) is 0 Å². The smallest absolute Gasteiger partial charge is 0.233 e. The molecule has 0 aromatic heterocycles. The molecule has 0 aliphatic carbocycles. The van der Waals surface area contributed by atoms with Crippen molar-refractivity contribution in [3.05, 3.63) is 30.3 Å². The van der Waals surface area contributed by atoms with Crippen LogP contribution < -0.4 is 5.73 Å². The zero-order valence-corrected chi connectivity index (χ0v) is 13.0. The Morgan fingerprint density at radius 1 is 1.20 bits per heavy atom. The minimum absolute atomic E-state index is 0.203. The number of carbonyl (C=O) groups excluding carboxylic acids is 1. The quantitative estimate of drug-likeness (QED) is 0.654. The van der Waals surface area contributed by atoms with E-state index < -0.39 is 0 Å². The predicted octanol–water partition coefficient (Wildman–Crippen LogP) is 1.21. The summed E-state index contributed by atoms with van der Waals surface area (Å²) in [6.07, 6.45) is 0. The summed E-state index contributed by atoms with van der Waals surface area (Å²) in [5.41, 5.74) is 5.54. The average molecular weight is 309 g/mol. The monoisotopic (exact) mass is 309 g/mol. The molecule has 1 aromatic carbocycles. The van der Waals surface area contributed by atoms with Crippen LogP contribution in [0.5, 0.6) is 0 Å². The number of benzene rings is 1. The van der Waals surface area contributed by atoms with Gasteiger partial charge in [-0.2, -0.15) is 0 Å². The maximum Gasteiger partial charge on any atom is 0.233 e. The van der Waals surface area contributed by atoms with Crippen LogP contribution in [-0.2, 0) is 4.79 Å². The topological polar surface area (TPSA) is 49.6 Å². The first-order valence-electron chi connectivity index (χ1n) is 6.61. The first kappa shape index (κ1) is 15.3. The number of hydrogen-bond acceptors (Lipinski definition) is 4. The molecule has 0 bridgehead atoms. The molecular weight excluding hydrogens is 290 g/mol. The third kappa shape index (κ3) is 4.77. The normalized spacial score (nSPS) is 16.1. The van der Waals surface area contributed by atoms with Gasteiger partial charge in [0, 0.05) is 37.6 Å². The van der Waals surface area contributed by atoms with Crippen LogP contribution in [0.3, 0.4) is 0 Å². The molecule has 1 amide bonds. The molecular formula is C14H19N3OS2. The van der Waals surface area contributed by atoms with E-state index in [1.54, 1.807) is 11.8 Å². The summed E-state index contributed by atoms with van der Waals surface area (Å²) in [5.74, 6) is 0.702. The summed E-state index contributed by atoms with van der Waals surface area (Å²) in [7, 11) is 0. The summed E-state index contributed by atoms with van der Waals surface area (Å²) in [5, 5.41) is 0. The van der Waals surface area contributed by atoms with E-state index in [1.807, 2.05) is 35.2 Å². The van der Waals surface area contributed by atoms with Crippen LogP contribution in [-0.4, -0.2) is 59.2 Å². The van der Waals surface area contributed by atoms with Crippen LogP contribution in [0.15, 0.2) is 35.2 Å². The fourth-order valence-electron chi connectivity index (χ4n) is 2.13. The molecule has 0 radical (unpaired) electrons. The predicted molar refractivity (Wildman–Crippen MR) is 87.0 cm³/mol. The van der Waals surface area contributed by atoms with E-state index in [1.165, 1.54) is 0 Å². The van der Waals surface area contributed by atoms with Gasteiger partial charge in [0.05, 0.1) is 10.7 Å². The third-order valence-electron chi connectivity index (χ3n) is 3.21. The van der Waals surface area contributed by atoms with E-state index in [0.717, 1.165) is 31.1 Å². The van der Waals surface area contributed by atoms with Crippen LogP contribution in [0, 0.1) is 0 Å². The largest absolute Gasteiger partial charge is 0.392 e. The summed E-state index contributed by atoms with van der Waals surface area (Å²) < 4.78 is 0. The Bertz CT molecular complexity index is 459. The van der Waals surface area contributed by atoms with E-state index in [0.29, 0.717) is 17.3 Å². The Hall–Kier alpha value is -1.11. The molecule has 1 fully saturated rings. The zero-order valence-electron chi connectivity index (χ0n) is 11.3. The van der Waals surface area contributed by atoms with Gasteiger partial charge < -0.3 is 10.6 Å². The lowest BCUT2D eigenvalue weighted by Crippen LogP contribution is -2.50. The molecule has 1 saturated heterocycles. The highest BCUT2D eigenvalue weighted by Gasteiger charge is 2.21. The van der Waals surface area contributed by atoms with Crippen molar-refractivity contribution in [2.45, 2.75) is 4.90 Å². The lowest BCUT2D eigenvalue weighted by atomic mass is 10.3. The number of amides is 1. The Morgan fingerprint density at radius 3 is 2.45 bits per heavy atom. The van der Waals surface area contributed by atoms with Crippen molar-refractivity contribution in [2.24, 2.45) is 5.73 Å². The van der Waals surface area contributed by atoms with Crippen LogP contribution >= 0.6 is 24.0 Å². The highest BCUT2D eigenvalue weighted by Crippen LogP contribution is 2.17. The number of rotatable bonds is 5. The van der Waals surface area contributed by atoms with Gasteiger partial charge in [-0.15, -0.1) is 11.8 Å². The van der Waals surface area contributed by atoms with Crippen molar-refractivity contribution >= 4 is 34.9 Å². The highest BCUT2D eigenvalue weighted by atomic mass is 32.2. The van der Waals surface area contributed by atoms with E-state index in [2.05, 4.69) is 4.90 Å². The molecule has 0 saturated carbocycles. The van der Waals surface area contributed by atoms with Crippen molar-refractivity contribution < 1.29 is 4.79 Å². The van der Waals surface area contributed by atoms with E-state index >= 15 is 0 Å². The molecule has 20 heavy (non-hydrogen) atoms. The van der Waals surface area contributed by atoms with Crippen molar-refractivity contribution in [1.82, 2.24) is 9.80 Å². The molecule has 6 heteroatoms. The SMILES string of the molecule is NC(=S)CN1CCN(C(=O)CSc2ccccc2)CC1. The summed E-state index contributed by atoms with van der Waals surface area (Å²) >= 11 is 6.49. The fraction of sp³-hybridized carbons (Fsp3) is 0.429. The van der Waals surface area contributed by atoms with Crippen molar-refractivity contribution in [3.63, 3.8) is 0 Å². The van der Waals surface area contributed by atoms with Gasteiger partial charge in [0.25, 0.3) is 0 Å². The van der Waals surface area contributed by atoms with Crippen molar-refractivity contribution in [2.75, 3.05) is 38.5 Å². The Labute approximate surface area is 129 Å². The Balaban J connectivity index is 1.73. The lowest BCUT2D eigenvalue weighted by Gasteiger charge is -2.34. The number of thioether (sulfide) groups is 1. The minimum atomic E-state index is 0.203. The summed E-state index contributed by atoms with van der Waals surface area (Å²) in [6.45, 7) is 3.86. The second kappa shape index (κ2) is 7.61. The Kier molecular flexibility index (Phi) is 5.82. The first-order valence-corrected chi connectivity index (χ1v) is 8.01. The number of carbonyl (C=O) groups is 1. The number of nitrogens with two attached hydrogens (primary N) is 1. The number of thiocarbonyl (C=S) groups is 1. The van der Waals surface area contributed by atoms with E-state index in [4.69, 9.17) is 18.0 Å². The minimum Gasteiger partial charge on any atom is -0.392 e. The summed E-state index contributed by atoms with van der Waals surface area (Å²) in [6, 6.07) is 10.0. The molecule has 2 N–H and O–H groups in total. The summed E-state index contributed by atoms with van der Waals surface area (Å²) in [4.78, 5) is 17.9. The van der Waals surface area contributed by atoms with E-state index in [-0.39, 0.29) is 5.91 Å². The molecule has 108 valence electrons. The molecule has 1 aromatic rings. The van der Waals surface area contributed by atoms with Gasteiger partial charge in [-0.3, -0.25) is 9.69 Å². The molecule has 0 unspecified atom stereocenters. The molecule has 0 atom stereocenters. The van der Waals surface area contributed by atoms with Gasteiger partial charge in [0.1, 0.15) is 0 Å². The van der Waals surface area contributed by atoms with E-state index in [9.17, 15) is 4.79 Å². The van der Waals surface area contributed by atoms with Crippen LogP contribution in [0.25, 0.3) is 0 Å². The van der Waals surface area contributed by atoms with Gasteiger partial charge in [0.2, 0.25) is 5.91 Å². The van der Waals surface area contributed by atoms with Crippen LogP contribution in [0.2, 0.25) is 0 Å². The van der Waals surface area contributed by atoms with Crippen molar-refractivity contribution in [3.8, 4) is 0 Å². The average Bonchev–Trinajstić information content (AvgIpc) is 2.46. The fourth-order valence-corrected chi connectivity index (χ4v) is 3.13. The maximum atomic E-state index is 12.1. The van der Waals surface area contributed by atoms with Gasteiger partial charge in [0.15, 0.2) is 0 Å². The number of nitrogens with zero attached hydrogens (tertiary/aromatic N) is 2. The maximum absolute atomic E-state index is 12.1. The standard InChI is InChI=1S/C14H19N3OS2/c15-13(19)10-16-6-8-17(9-7-16)14(18)11-20-12-4-2-1-3-5-12/h1-5H,6-11H2,(H2,15,19). The molecule has 1 heterocycles. The second-order valence-electron chi connectivity index (χ2n) is 4.72. The molecule has 1 aliphatic heterocycles. The third-order valence-corrected chi connectivity index (χ3v) is 4.34. The van der Waals surface area contributed by atoms with Gasteiger partial charge in [-0.25, -0.2) is 0 Å². The van der Waals surface area contributed by atoms with Gasteiger partial charge in [-0.05, 0) is 12.1 Å². The van der Waals surface area contributed by atoms with Crippen LogP contribution in [0.4, 0.5) is 0 Å². The first-order chi connectivity index (χ1) is 9.65. The van der Waals surface area contributed by atoms with Crippen LogP contribution in [0.1, 0.15) is 0 Å².